The molecule has 0 aromatic heterocycles. The highest BCUT2D eigenvalue weighted by molar-refractivity contribution is 5.79. The molecule has 0 radical (unpaired) electrons. The molecular weight excluding hydrogens is 262 g/mol. The van der Waals surface area contributed by atoms with Gasteiger partial charge in [0.05, 0.1) is 32.5 Å². The van der Waals surface area contributed by atoms with Gasteiger partial charge in [0, 0.05) is 13.5 Å². The van der Waals surface area contributed by atoms with E-state index in [1.165, 1.54) is 0 Å². The van der Waals surface area contributed by atoms with Gasteiger partial charge in [0.15, 0.2) is 0 Å². The lowest BCUT2D eigenvalue weighted by molar-refractivity contribution is -0.145. The second-order valence-electron chi connectivity index (χ2n) is 5.15. The van der Waals surface area contributed by atoms with Crippen molar-refractivity contribution in [3.8, 4) is 0 Å². The Balaban J connectivity index is 2.24. The quantitative estimate of drug-likeness (QED) is 0.554. The van der Waals surface area contributed by atoms with E-state index in [0.717, 1.165) is 19.4 Å². The van der Waals surface area contributed by atoms with E-state index in [0.29, 0.717) is 39.3 Å². The molecular formula is C14H27NO5. The lowest BCUT2D eigenvalue weighted by Crippen LogP contribution is -2.50. The molecule has 6 heteroatoms. The van der Waals surface area contributed by atoms with E-state index in [2.05, 4.69) is 5.32 Å². The summed E-state index contributed by atoms with van der Waals surface area (Å²) in [5.41, 5.74) is -0.808. The molecule has 1 rings (SSSR count). The summed E-state index contributed by atoms with van der Waals surface area (Å²) >= 11 is 0. The van der Waals surface area contributed by atoms with E-state index >= 15 is 0 Å². The van der Waals surface area contributed by atoms with Crippen molar-refractivity contribution < 1.29 is 24.1 Å². The van der Waals surface area contributed by atoms with Gasteiger partial charge in [-0.15, -0.1) is 0 Å². The minimum absolute atomic E-state index is 0.00137. The minimum Gasteiger partial charge on any atom is -0.480 e. The lowest BCUT2D eigenvalue weighted by atomic mass is 9.97. The van der Waals surface area contributed by atoms with Crippen molar-refractivity contribution in [1.29, 1.82) is 0 Å². The third kappa shape index (κ3) is 5.36. The molecule has 0 amide bonds. The lowest BCUT2D eigenvalue weighted by Gasteiger charge is -2.25. The normalized spacial score (nSPS) is 26.0. The number of carboxylic acids is 1. The zero-order chi connectivity index (χ0) is 14.8. The van der Waals surface area contributed by atoms with Crippen molar-refractivity contribution in [1.82, 2.24) is 5.32 Å². The monoisotopic (exact) mass is 289 g/mol. The first kappa shape index (κ1) is 17.4. The predicted molar refractivity (Wildman–Crippen MR) is 74.9 cm³/mol. The van der Waals surface area contributed by atoms with Gasteiger partial charge in [-0.25, -0.2) is 0 Å². The predicted octanol–water partition coefficient (Wildman–Crippen LogP) is 1.04. The third-order valence-electron chi connectivity index (χ3n) is 3.61. The molecule has 6 nitrogen and oxygen atoms in total. The van der Waals surface area contributed by atoms with Crippen LogP contribution in [-0.4, -0.2) is 62.8 Å². The smallest absolute Gasteiger partial charge is 0.323 e. The number of carboxylic acid groups (broad SMARTS) is 1. The molecule has 0 aromatic carbocycles. The fraction of sp³-hybridized carbons (Fsp3) is 0.929. The number of aliphatic carboxylic acids is 1. The van der Waals surface area contributed by atoms with Gasteiger partial charge < -0.3 is 24.6 Å². The molecule has 2 atom stereocenters. The van der Waals surface area contributed by atoms with Crippen molar-refractivity contribution in [2.24, 2.45) is 0 Å². The van der Waals surface area contributed by atoms with Crippen LogP contribution in [0.4, 0.5) is 0 Å². The summed E-state index contributed by atoms with van der Waals surface area (Å²) in [6.07, 6.45) is 2.86. The summed E-state index contributed by atoms with van der Waals surface area (Å²) in [5, 5.41) is 12.6. The van der Waals surface area contributed by atoms with Gasteiger partial charge >= 0.3 is 5.97 Å². The summed E-state index contributed by atoms with van der Waals surface area (Å²) in [6.45, 7) is 4.90. The summed E-state index contributed by atoms with van der Waals surface area (Å²) < 4.78 is 15.9. The molecule has 0 heterocycles. The van der Waals surface area contributed by atoms with Gasteiger partial charge in [0.2, 0.25) is 0 Å². The summed E-state index contributed by atoms with van der Waals surface area (Å²) in [4.78, 5) is 11.5. The Hall–Kier alpha value is -0.690. The van der Waals surface area contributed by atoms with Gasteiger partial charge in [0.1, 0.15) is 5.54 Å². The average molecular weight is 289 g/mol. The van der Waals surface area contributed by atoms with E-state index in [4.69, 9.17) is 14.2 Å². The first-order valence-electron chi connectivity index (χ1n) is 7.31. The minimum atomic E-state index is -0.808. The largest absolute Gasteiger partial charge is 0.480 e. The molecule has 0 saturated heterocycles. The molecule has 0 aromatic rings. The standard InChI is InChI=1S/C14H27NO5/c1-3-6-15-14(13(16)17)5-4-12(11-14)20-10-9-19-8-7-18-2/h12,15H,3-11H2,1-2H3,(H,16,17). The maximum Gasteiger partial charge on any atom is 0.323 e. The fourth-order valence-electron chi connectivity index (χ4n) is 2.46. The van der Waals surface area contributed by atoms with Crippen LogP contribution in [0.15, 0.2) is 0 Å². The Morgan fingerprint density at radius 2 is 2.10 bits per heavy atom. The molecule has 0 bridgehead atoms. The molecule has 1 saturated carbocycles. The molecule has 2 unspecified atom stereocenters. The average Bonchev–Trinajstić information content (AvgIpc) is 2.85. The van der Waals surface area contributed by atoms with E-state index in [9.17, 15) is 9.90 Å². The van der Waals surface area contributed by atoms with Gasteiger partial charge in [-0.3, -0.25) is 4.79 Å². The Labute approximate surface area is 120 Å². The zero-order valence-electron chi connectivity index (χ0n) is 12.5. The van der Waals surface area contributed by atoms with Crippen LogP contribution in [-0.2, 0) is 19.0 Å². The highest BCUT2D eigenvalue weighted by atomic mass is 16.5. The maximum absolute atomic E-state index is 11.5. The second-order valence-corrected chi connectivity index (χ2v) is 5.15. The van der Waals surface area contributed by atoms with E-state index in [-0.39, 0.29) is 6.10 Å². The zero-order valence-corrected chi connectivity index (χ0v) is 12.5. The van der Waals surface area contributed by atoms with E-state index in [1.54, 1.807) is 7.11 Å². The maximum atomic E-state index is 11.5. The number of hydrogen-bond donors (Lipinski definition) is 2. The molecule has 2 N–H and O–H groups in total. The first-order valence-corrected chi connectivity index (χ1v) is 7.31. The Kier molecular flexibility index (Phi) is 8.06. The number of nitrogens with one attached hydrogen (secondary N) is 1. The number of rotatable bonds is 11. The van der Waals surface area contributed by atoms with E-state index in [1.807, 2.05) is 6.92 Å². The van der Waals surface area contributed by atoms with Gasteiger partial charge in [-0.2, -0.15) is 0 Å². The number of carbonyl (C=O) groups is 1. The number of ether oxygens (including phenoxy) is 3. The van der Waals surface area contributed by atoms with Crippen molar-refractivity contribution >= 4 is 5.97 Å². The van der Waals surface area contributed by atoms with E-state index < -0.39 is 11.5 Å². The highest BCUT2D eigenvalue weighted by Crippen LogP contribution is 2.32. The second kappa shape index (κ2) is 9.28. The van der Waals surface area contributed by atoms with Crippen molar-refractivity contribution in [3.05, 3.63) is 0 Å². The fourth-order valence-corrected chi connectivity index (χ4v) is 2.46. The number of hydrogen-bond acceptors (Lipinski definition) is 5. The molecule has 0 aliphatic heterocycles. The van der Waals surface area contributed by atoms with Crippen LogP contribution in [0.25, 0.3) is 0 Å². The summed E-state index contributed by atoms with van der Waals surface area (Å²) in [7, 11) is 1.63. The molecule has 0 spiro atoms. The van der Waals surface area contributed by atoms with Crippen LogP contribution in [0.3, 0.4) is 0 Å². The Morgan fingerprint density at radius 3 is 2.75 bits per heavy atom. The van der Waals surface area contributed by atoms with Crippen LogP contribution in [0.1, 0.15) is 32.6 Å². The summed E-state index contributed by atoms with van der Waals surface area (Å²) in [6, 6.07) is 0. The van der Waals surface area contributed by atoms with Crippen LogP contribution >= 0.6 is 0 Å². The Bertz CT molecular complexity index is 287. The van der Waals surface area contributed by atoms with Crippen molar-refractivity contribution in [2.75, 3.05) is 40.1 Å². The molecule has 1 aliphatic rings. The molecule has 1 fully saturated rings. The first-order chi connectivity index (χ1) is 9.64. The van der Waals surface area contributed by atoms with Crippen LogP contribution in [0.2, 0.25) is 0 Å². The van der Waals surface area contributed by atoms with Crippen molar-refractivity contribution in [3.63, 3.8) is 0 Å². The number of methoxy groups -OCH3 is 1. The van der Waals surface area contributed by atoms with Gasteiger partial charge in [-0.05, 0) is 25.8 Å². The molecule has 118 valence electrons. The molecule has 1 aliphatic carbocycles. The van der Waals surface area contributed by atoms with Crippen LogP contribution in [0.5, 0.6) is 0 Å². The highest BCUT2D eigenvalue weighted by Gasteiger charge is 2.45. The summed E-state index contributed by atoms with van der Waals surface area (Å²) in [5.74, 6) is -0.770. The van der Waals surface area contributed by atoms with Crippen LogP contribution < -0.4 is 5.32 Å². The third-order valence-corrected chi connectivity index (χ3v) is 3.61. The van der Waals surface area contributed by atoms with Gasteiger partial charge in [-0.1, -0.05) is 6.92 Å². The SMILES string of the molecule is CCCNC1(C(=O)O)CCC(OCCOCCOC)C1. The van der Waals surface area contributed by atoms with Crippen LogP contribution in [0, 0.1) is 0 Å². The topological polar surface area (TPSA) is 77.0 Å². The van der Waals surface area contributed by atoms with Gasteiger partial charge in [0.25, 0.3) is 0 Å². The molecule has 20 heavy (non-hydrogen) atoms. The van der Waals surface area contributed by atoms with Crippen molar-refractivity contribution in [2.45, 2.75) is 44.2 Å². The Morgan fingerprint density at radius 1 is 1.35 bits per heavy atom.